The van der Waals surface area contributed by atoms with E-state index in [0.717, 1.165) is 164 Å². The van der Waals surface area contributed by atoms with Crippen LogP contribution in [0.1, 0.15) is 689 Å². The van der Waals surface area contributed by atoms with Crippen molar-refractivity contribution in [1.82, 2.24) is 0 Å². The molecule has 860 valence electrons. The molecule has 24 fully saturated rings. The lowest BCUT2D eigenvalue weighted by atomic mass is 9.42. The van der Waals surface area contributed by atoms with Gasteiger partial charge in [-0.1, -0.05) is 451 Å². The van der Waals surface area contributed by atoms with Gasteiger partial charge in [0.05, 0.1) is 0 Å². The number of hydrogen-bond donors (Lipinski definition) is 0. The summed E-state index contributed by atoms with van der Waals surface area (Å²) in [7, 11) is 0. The average molecular weight is 2030 g/mol. The third kappa shape index (κ3) is 34.8. The van der Waals surface area contributed by atoms with E-state index in [-0.39, 0.29) is 0 Å². The monoisotopic (exact) mass is 2030 g/mol. The molecule has 0 aromatic heterocycles. The molecule has 24 rings (SSSR count). The van der Waals surface area contributed by atoms with Crippen molar-refractivity contribution in [3.05, 3.63) is 0 Å². The van der Waals surface area contributed by atoms with Gasteiger partial charge in [-0.25, -0.2) is 0 Å². The third-order valence-corrected chi connectivity index (χ3v) is 51.8. The summed E-state index contributed by atoms with van der Waals surface area (Å²) in [4.78, 5) is 0. The smallest absolute Gasteiger partial charge is 0.0236 e. The highest BCUT2D eigenvalue weighted by Gasteiger charge is 2.62. The predicted octanol–water partition coefficient (Wildman–Crippen LogP) is 48.9. The fourth-order valence-corrected chi connectivity index (χ4v) is 38.9. The molecule has 0 aromatic carbocycles. The van der Waals surface area contributed by atoms with Crippen LogP contribution in [0.2, 0.25) is 0 Å². The first kappa shape index (κ1) is 129. The maximum Gasteiger partial charge on any atom is -0.0236 e. The molecule has 24 saturated carbocycles. The van der Waals surface area contributed by atoms with Gasteiger partial charge in [0.25, 0.3) is 0 Å². The largest absolute Gasteiger partial charge is 0.0649 e. The van der Waals surface area contributed by atoms with E-state index >= 15 is 0 Å². The average Bonchev–Trinajstić information content (AvgIpc) is 1.44. The van der Waals surface area contributed by atoms with Crippen LogP contribution >= 0.6 is 0 Å². The normalized spacial score (nSPS) is 36.4. The van der Waals surface area contributed by atoms with Crippen LogP contribution in [0.15, 0.2) is 0 Å². The van der Waals surface area contributed by atoms with Crippen molar-refractivity contribution in [3.8, 4) is 0 Å². The minimum Gasteiger partial charge on any atom is -0.0649 e. The van der Waals surface area contributed by atoms with Gasteiger partial charge in [-0.3, -0.25) is 0 Å². The Bertz CT molecular complexity index is 3480. The van der Waals surface area contributed by atoms with Crippen molar-refractivity contribution in [1.29, 1.82) is 0 Å². The van der Waals surface area contributed by atoms with Gasteiger partial charge in [-0.15, -0.1) is 0 Å². The van der Waals surface area contributed by atoms with Crippen molar-refractivity contribution in [2.24, 2.45) is 241 Å². The SMILES string of the molecule is CC(C)(C)C.CC(C)(C)C12CC3CC(CC(C3)C1)C2.CC(C)(C)C1CC2CC1C1CCCC21.CC(C)(C)C1CC2CCC1C2.CC(C)(C)C1CCCCC1.CCC(C)(C)C.CCC(C)(C)C12CC3CC(CC(C3)C1)C2.CCC(C)(C)C1CC2CCC1C2.CCC(C)(C)C1CCCCC1.CCC(C)(C)CC.CCC(C)(CC)C12CC3CC(CC(C3)C1)C2.CCC(C)(CC)C1CC2CCC1C2.CCC(C)(CC)C1CCCCC1. The van der Waals surface area contributed by atoms with Gasteiger partial charge in [0.1, 0.15) is 0 Å². The molecule has 0 radical (unpaired) electrons. The van der Waals surface area contributed by atoms with Gasteiger partial charge in [0, 0.05) is 0 Å². The maximum atomic E-state index is 2.60. The lowest BCUT2D eigenvalue weighted by Crippen LogP contribution is -2.53. The Morgan fingerprint density at radius 1 is 0.192 bits per heavy atom. The van der Waals surface area contributed by atoms with E-state index in [9.17, 15) is 0 Å². The number of fused-ring (bicyclic) bond motifs is 11. The fourth-order valence-electron chi connectivity index (χ4n) is 38.9. The van der Waals surface area contributed by atoms with Gasteiger partial charge in [-0.2, -0.15) is 0 Å². The molecule has 0 N–H and O–H groups in total. The van der Waals surface area contributed by atoms with Crippen LogP contribution in [0.5, 0.6) is 0 Å². The van der Waals surface area contributed by atoms with Crippen LogP contribution in [0, 0.1) is 241 Å². The molecule has 24 aliphatic rings. The molecule has 0 aliphatic heterocycles. The Morgan fingerprint density at radius 2 is 0.507 bits per heavy atom. The van der Waals surface area contributed by atoms with E-state index in [1.165, 1.54) is 199 Å². The van der Waals surface area contributed by atoms with Crippen molar-refractivity contribution >= 4 is 0 Å². The molecule has 0 amide bonds. The summed E-state index contributed by atoms with van der Waals surface area (Å²) in [5.74, 6) is 28.5. The van der Waals surface area contributed by atoms with Gasteiger partial charge in [0.2, 0.25) is 0 Å². The standard InChI is InChI=1S/C16H28.C15H26.2C14H24.C13H24.C12H22.C12H24.C11H20.C11H22.C10H20.C7H16.C6H14.C5H12/c1-4-15(3,5-2)16-9-12-6-13(10-16)8-14(7-12)11-16;1-4-14(2,3)15-8-11-5-12(9-15)7-13(6-11)10-15;1-13(2,3)14-7-10-4-11(8-14)6-12(5-10)9-14;1-14(2,3)13-8-9-7-12(13)11-6-4-5-10(9)11;1-4-13(3,5-2)12-9-10-6-7-11(12)8-10;1-4-12(2,3)11-8-9-5-6-10(11)7-9;1-4-12(3,5-2)11-9-7-6-8-10-11;1-11(2,3)10-7-8-4-5-9(10)6-8;1-4-11(2,3)10-8-6-5-7-9-10;1-10(2,3)9-7-5-4-6-8-9;1-5-7(3,4)6-2;1-5-6(2,3)4;1-5(2,3)4/h12-14H,4-11H2,1-3H3;11-13H,4-10H2,1-3H3;10-12H,4-9H2,1-3H3;9-13H,4-8H2,1-3H3;10-12H,4-9H2,1-3H3;9-11H,4-8H2,1-3H3;11H,4-10H2,1-3H3;8-10H,4-7H2,1-3H3;10H,4-9H2,1-3H3;9H,4-8H2,1-3H3;5-6H2,1-4H3;5H2,1-4H3;1-4H3. The van der Waals surface area contributed by atoms with Crippen molar-refractivity contribution in [2.75, 3.05) is 0 Å². The Labute approximate surface area is 923 Å². The number of hydrogen-bond acceptors (Lipinski definition) is 0. The second kappa shape index (κ2) is 54.0. The molecule has 20 bridgehead atoms. The Balaban J connectivity index is 0.000000178. The lowest BCUT2D eigenvalue weighted by Gasteiger charge is -2.63. The summed E-state index contributed by atoms with van der Waals surface area (Å²) in [6, 6.07) is 0. The molecule has 0 nitrogen and oxygen atoms in total. The first-order chi connectivity index (χ1) is 67.8. The Morgan fingerprint density at radius 3 is 0.767 bits per heavy atom. The van der Waals surface area contributed by atoms with E-state index in [1.807, 2.05) is 0 Å². The highest BCUT2D eigenvalue weighted by molar-refractivity contribution is 5.12. The van der Waals surface area contributed by atoms with Gasteiger partial charge >= 0.3 is 0 Å². The summed E-state index contributed by atoms with van der Waals surface area (Å²) in [6.45, 7) is 99.9. The summed E-state index contributed by atoms with van der Waals surface area (Å²) >= 11 is 0. The molecule has 0 heterocycles. The Hall–Kier alpha value is 0. The molecule has 24 aliphatic carbocycles. The van der Waals surface area contributed by atoms with Crippen LogP contribution in [0.3, 0.4) is 0 Å². The third-order valence-electron chi connectivity index (χ3n) is 51.8. The second-order valence-electron chi connectivity index (χ2n) is 69.2. The summed E-state index contributed by atoms with van der Waals surface area (Å²) < 4.78 is 0. The van der Waals surface area contributed by atoms with Crippen molar-refractivity contribution < 1.29 is 0 Å². The molecule has 0 aromatic rings. The highest BCUT2D eigenvalue weighted by atomic mass is 14.7. The zero-order chi connectivity index (χ0) is 109. The number of rotatable bonds is 17. The van der Waals surface area contributed by atoms with Crippen LogP contribution < -0.4 is 0 Å². The van der Waals surface area contributed by atoms with E-state index in [2.05, 4.69) is 291 Å². The topological polar surface area (TPSA) is 0 Å². The van der Waals surface area contributed by atoms with Crippen molar-refractivity contribution in [3.63, 3.8) is 0 Å². The van der Waals surface area contributed by atoms with Gasteiger partial charge in [0.15, 0.2) is 0 Å². The van der Waals surface area contributed by atoms with Crippen LogP contribution in [0.4, 0.5) is 0 Å². The molecular weight excluding hydrogens is 1750 g/mol. The van der Waals surface area contributed by atoms with Crippen molar-refractivity contribution in [2.45, 2.75) is 689 Å². The predicted molar refractivity (Wildman–Crippen MR) is 654 cm³/mol. The first-order valence-corrected chi connectivity index (χ1v) is 67.8. The molecule has 14 unspecified atom stereocenters. The van der Waals surface area contributed by atoms with Gasteiger partial charge < -0.3 is 0 Å². The zero-order valence-corrected chi connectivity index (χ0v) is 109. The van der Waals surface area contributed by atoms with E-state index < -0.39 is 0 Å². The van der Waals surface area contributed by atoms with Crippen LogP contribution in [0.25, 0.3) is 0 Å². The highest BCUT2D eigenvalue weighted by Crippen LogP contribution is 2.72. The molecule has 0 heteroatoms. The van der Waals surface area contributed by atoms with E-state index in [1.54, 1.807) is 205 Å². The summed E-state index contributed by atoms with van der Waals surface area (Å²) in [5.41, 5.74) is 9.95. The molecular formula is C146H276. The minimum atomic E-state index is 0.500. The van der Waals surface area contributed by atoms with E-state index in [4.69, 9.17) is 0 Å². The molecule has 146 heavy (non-hydrogen) atoms. The van der Waals surface area contributed by atoms with E-state index in [0.29, 0.717) is 70.4 Å². The minimum absolute atomic E-state index is 0.500. The van der Waals surface area contributed by atoms with Crippen LogP contribution in [-0.4, -0.2) is 0 Å². The maximum absolute atomic E-state index is 2.60. The second-order valence-corrected chi connectivity index (χ2v) is 69.2. The zero-order valence-electron chi connectivity index (χ0n) is 109. The lowest BCUT2D eigenvalue weighted by molar-refractivity contribution is -0.128. The molecule has 0 saturated heterocycles. The first-order valence-electron chi connectivity index (χ1n) is 67.8. The van der Waals surface area contributed by atoms with Crippen LogP contribution in [-0.2, 0) is 0 Å². The molecule has 0 spiro atoms. The fraction of sp³-hybridized carbons (Fsp3) is 1.00. The quantitative estimate of drug-likeness (QED) is 0.136. The molecule has 14 atom stereocenters. The summed E-state index contributed by atoms with van der Waals surface area (Å²) in [6.07, 6.45) is 93.3. The Kier molecular flexibility index (Phi) is 47.9. The summed E-state index contributed by atoms with van der Waals surface area (Å²) in [5, 5.41) is 0. The van der Waals surface area contributed by atoms with Gasteiger partial charge in [-0.05, 0) is 478 Å².